The predicted octanol–water partition coefficient (Wildman–Crippen LogP) is -0.860. The summed E-state index contributed by atoms with van der Waals surface area (Å²) in [4.78, 5) is 24.9. The molecule has 1 atom stereocenters. The molecule has 0 amide bonds. The van der Waals surface area contributed by atoms with E-state index in [9.17, 15) is 14.9 Å². The van der Waals surface area contributed by atoms with Crippen LogP contribution in [-0.4, -0.2) is 40.3 Å². The lowest BCUT2D eigenvalue weighted by Crippen LogP contribution is -2.42. The third-order valence-corrected chi connectivity index (χ3v) is 2.46. The summed E-state index contributed by atoms with van der Waals surface area (Å²) in [6.07, 6.45) is 1.98. The Labute approximate surface area is 96.4 Å². The molecule has 1 aliphatic heterocycles. The van der Waals surface area contributed by atoms with Gasteiger partial charge in [-0.1, -0.05) is 0 Å². The second-order valence-electron chi connectivity index (χ2n) is 3.70. The van der Waals surface area contributed by atoms with E-state index in [1.54, 1.807) is 0 Å². The molecule has 1 N–H and O–H groups in total. The monoisotopic (exact) mass is 240 g/mol. The fourth-order valence-electron chi connectivity index (χ4n) is 1.63. The van der Waals surface area contributed by atoms with Crippen LogP contribution in [0.5, 0.6) is 0 Å². The maximum atomic E-state index is 11.4. The number of nitro groups is 1. The zero-order valence-electron chi connectivity index (χ0n) is 9.04. The molecule has 1 aliphatic rings. The standard InChI is InChI=1S/C9H12N4O4/c14-9-11-3-7(13(15)16)5-12(9)6-8-4-10-1-2-17-8/h3,5,8,10H,1-2,4,6H2. The van der Waals surface area contributed by atoms with Crippen LogP contribution < -0.4 is 11.0 Å². The van der Waals surface area contributed by atoms with Gasteiger partial charge in [-0.3, -0.25) is 14.7 Å². The van der Waals surface area contributed by atoms with Crippen molar-refractivity contribution >= 4 is 5.69 Å². The van der Waals surface area contributed by atoms with Crippen molar-refractivity contribution in [3.8, 4) is 0 Å². The Hall–Kier alpha value is -1.80. The molecule has 2 heterocycles. The number of rotatable bonds is 3. The van der Waals surface area contributed by atoms with Crippen molar-refractivity contribution in [2.75, 3.05) is 19.7 Å². The van der Waals surface area contributed by atoms with Gasteiger partial charge in [0.15, 0.2) is 0 Å². The Balaban J connectivity index is 2.16. The van der Waals surface area contributed by atoms with Crippen LogP contribution in [0.25, 0.3) is 0 Å². The van der Waals surface area contributed by atoms with E-state index in [4.69, 9.17) is 4.74 Å². The van der Waals surface area contributed by atoms with E-state index >= 15 is 0 Å². The average molecular weight is 240 g/mol. The van der Waals surface area contributed by atoms with Crippen molar-refractivity contribution in [2.24, 2.45) is 0 Å². The minimum Gasteiger partial charge on any atom is -0.374 e. The van der Waals surface area contributed by atoms with Gasteiger partial charge in [-0.15, -0.1) is 0 Å². The Bertz CT molecular complexity index is 466. The van der Waals surface area contributed by atoms with Crippen molar-refractivity contribution in [3.05, 3.63) is 33.0 Å². The summed E-state index contributed by atoms with van der Waals surface area (Å²) in [7, 11) is 0. The first-order valence-corrected chi connectivity index (χ1v) is 5.20. The summed E-state index contributed by atoms with van der Waals surface area (Å²) in [6.45, 7) is 2.23. The van der Waals surface area contributed by atoms with Crippen LogP contribution in [0, 0.1) is 10.1 Å². The van der Waals surface area contributed by atoms with Gasteiger partial charge in [0, 0.05) is 13.1 Å². The smallest absolute Gasteiger partial charge is 0.348 e. The maximum Gasteiger partial charge on any atom is 0.348 e. The van der Waals surface area contributed by atoms with E-state index in [0.29, 0.717) is 13.2 Å². The molecule has 0 aliphatic carbocycles. The summed E-state index contributed by atoms with van der Waals surface area (Å²) in [5, 5.41) is 13.7. The van der Waals surface area contributed by atoms with Crippen molar-refractivity contribution < 1.29 is 9.66 Å². The highest BCUT2D eigenvalue weighted by atomic mass is 16.6. The van der Waals surface area contributed by atoms with Crippen LogP contribution in [0.1, 0.15) is 0 Å². The average Bonchev–Trinajstić information content (AvgIpc) is 2.33. The SMILES string of the molecule is O=c1ncc([N+](=O)[O-])cn1CC1CNCCO1. The fraction of sp³-hybridized carbons (Fsp3) is 0.556. The topological polar surface area (TPSA) is 99.3 Å². The summed E-state index contributed by atoms with van der Waals surface area (Å²) in [5.74, 6) is 0. The van der Waals surface area contributed by atoms with Gasteiger partial charge in [-0.2, -0.15) is 4.98 Å². The van der Waals surface area contributed by atoms with Gasteiger partial charge in [0.25, 0.3) is 0 Å². The van der Waals surface area contributed by atoms with Gasteiger partial charge in [0.05, 0.1) is 30.4 Å². The molecule has 1 aromatic heterocycles. The summed E-state index contributed by atoms with van der Waals surface area (Å²) in [6, 6.07) is 0. The molecule has 0 aromatic carbocycles. The fourth-order valence-corrected chi connectivity index (χ4v) is 1.63. The molecule has 8 heteroatoms. The van der Waals surface area contributed by atoms with Gasteiger partial charge in [0.1, 0.15) is 6.20 Å². The van der Waals surface area contributed by atoms with E-state index in [1.165, 1.54) is 10.8 Å². The Morgan fingerprint density at radius 3 is 3.18 bits per heavy atom. The van der Waals surface area contributed by atoms with Gasteiger partial charge in [0.2, 0.25) is 0 Å². The van der Waals surface area contributed by atoms with E-state index in [-0.39, 0.29) is 18.3 Å². The Kier molecular flexibility index (Phi) is 3.45. The number of morpholine rings is 1. The largest absolute Gasteiger partial charge is 0.374 e. The molecule has 1 fully saturated rings. The molecule has 0 radical (unpaired) electrons. The van der Waals surface area contributed by atoms with Gasteiger partial charge in [-0.25, -0.2) is 4.79 Å². The third kappa shape index (κ3) is 2.86. The third-order valence-electron chi connectivity index (χ3n) is 2.46. The van der Waals surface area contributed by atoms with E-state index in [1.807, 2.05) is 0 Å². The van der Waals surface area contributed by atoms with Crippen LogP contribution in [0.2, 0.25) is 0 Å². The lowest BCUT2D eigenvalue weighted by Gasteiger charge is -2.23. The molecular weight excluding hydrogens is 228 g/mol. The van der Waals surface area contributed by atoms with Crippen molar-refractivity contribution in [1.29, 1.82) is 0 Å². The number of hydrogen-bond donors (Lipinski definition) is 1. The molecule has 0 bridgehead atoms. The molecule has 2 rings (SSSR count). The number of nitrogens with one attached hydrogen (secondary N) is 1. The van der Waals surface area contributed by atoms with E-state index in [2.05, 4.69) is 10.3 Å². The first-order chi connectivity index (χ1) is 8.16. The number of aromatic nitrogens is 2. The minimum absolute atomic E-state index is 0.162. The quantitative estimate of drug-likeness (QED) is 0.545. The van der Waals surface area contributed by atoms with Gasteiger partial charge >= 0.3 is 11.4 Å². The van der Waals surface area contributed by atoms with Crippen molar-refractivity contribution in [3.63, 3.8) is 0 Å². The highest BCUT2D eigenvalue weighted by molar-refractivity contribution is 5.20. The van der Waals surface area contributed by atoms with Gasteiger partial charge < -0.3 is 10.1 Å². The molecule has 0 saturated carbocycles. The minimum atomic E-state index is -0.580. The van der Waals surface area contributed by atoms with Crippen LogP contribution in [0.3, 0.4) is 0 Å². The molecule has 0 spiro atoms. The van der Waals surface area contributed by atoms with Crippen molar-refractivity contribution in [1.82, 2.24) is 14.9 Å². The van der Waals surface area contributed by atoms with E-state index < -0.39 is 10.6 Å². The first-order valence-electron chi connectivity index (χ1n) is 5.20. The van der Waals surface area contributed by atoms with Crippen LogP contribution in [0.4, 0.5) is 5.69 Å². The summed E-state index contributed by atoms with van der Waals surface area (Å²) < 4.78 is 6.62. The maximum absolute atomic E-state index is 11.4. The lowest BCUT2D eigenvalue weighted by atomic mass is 10.3. The van der Waals surface area contributed by atoms with Crippen LogP contribution in [0.15, 0.2) is 17.2 Å². The van der Waals surface area contributed by atoms with Crippen LogP contribution >= 0.6 is 0 Å². The van der Waals surface area contributed by atoms with Crippen molar-refractivity contribution in [2.45, 2.75) is 12.6 Å². The zero-order chi connectivity index (χ0) is 12.3. The zero-order valence-corrected chi connectivity index (χ0v) is 9.04. The second-order valence-corrected chi connectivity index (χ2v) is 3.70. The number of hydrogen-bond acceptors (Lipinski definition) is 6. The highest BCUT2D eigenvalue weighted by Gasteiger charge is 2.16. The van der Waals surface area contributed by atoms with Gasteiger partial charge in [-0.05, 0) is 0 Å². The lowest BCUT2D eigenvalue weighted by molar-refractivity contribution is -0.385. The molecule has 1 aromatic rings. The molecular formula is C9H12N4O4. The normalized spacial score (nSPS) is 20.1. The Morgan fingerprint density at radius 2 is 2.53 bits per heavy atom. The molecule has 1 unspecified atom stereocenters. The molecule has 1 saturated heterocycles. The molecule has 17 heavy (non-hydrogen) atoms. The summed E-state index contributed by atoms with van der Waals surface area (Å²) in [5.41, 5.74) is -0.710. The predicted molar refractivity (Wildman–Crippen MR) is 57.8 cm³/mol. The number of ether oxygens (including phenoxy) is 1. The highest BCUT2D eigenvalue weighted by Crippen LogP contribution is 2.06. The molecule has 92 valence electrons. The molecule has 8 nitrogen and oxygen atoms in total. The number of nitrogens with zero attached hydrogens (tertiary/aromatic N) is 3. The first kappa shape index (κ1) is 11.7. The summed E-state index contributed by atoms with van der Waals surface area (Å²) >= 11 is 0. The Morgan fingerprint density at radius 1 is 1.71 bits per heavy atom. The second kappa shape index (κ2) is 5.02. The van der Waals surface area contributed by atoms with E-state index in [0.717, 1.165) is 12.7 Å². The van der Waals surface area contributed by atoms with Crippen LogP contribution in [-0.2, 0) is 11.3 Å².